The van der Waals surface area contributed by atoms with E-state index in [1.54, 1.807) is 27.9 Å². The molecule has 3 amide bonds. The van der Waals surface area contributed by atoms with E-state index in [1.165, 1.54) is 5.57 Å². The van der Waals surface area contributed by atoms with E-state index in [0.717, 1.165) is 32.1 Å². The van der Waals surface area contributed by atoms with Crippen molar-refractivity contribution in [2.75, 3.05) is 39.9 Å². The van der Waals surface area contributed by atoms with Crippen molar-refractivity contribution in [1.29, 1.82) is 0 Å². The van der Waals surface area contributed by atoms with Crippen molar-refractivity contribution in [2.24, 2.45) is 5.92 Å². The number of carbonyl (C=O) groups excluding carboxylic acids is 3. The van der Waals surface area contributed by atoms with E-state index in [-0.39, 0.29) is 24.2 Å². The summed E-state index contributed by atoms with van der Waals surface area (Å²) in [6, 6.07) is 0. The molecule has 2 saturated heterocycles. The number of hydrogen-bond donors (Lipinski definition) is 2. The highest BCUT2D eigenvalue weighted by molar-refractivity contribution is 5.92. The molecule has 2 heterocycles. The summed E-state index contributed by atoms with van der Waals surface area (Å²) in [6.07, 6.45) is 5.04. The molecule has 240 valence electrons. The van der Waals surface area contributed by atoms with Gasteiger partial charge in [-0.25, -0.2) is 9.59 Å². The second-order valence-electron chi connectivity index (χ2n) is 13.3. The van der Waals surface area contributed by atoms with E-state index in [0.29, 0.717) is 32.7 Å². The third kappa shape index (κ3) is 9.65. The molecule has 1 aliphatic carbocycles. The standard InChI is InChI=1S/C31H53N3O8/c1-9-10-11-17-34(18-16-32-27(36)42-29(4,5)6)19-24(35)33-28(37)40-22-14-15-31(20-39-31)26(25(22)38-8)30(7)23(41-30)13-12-21(2)3/h12,22-23,25-26H,9-11,13-20H2,1-8H3,(H,32,36)(H,33,35,37)/t22?,23-,25?,26?,30+,31+/m1/s1. The van der Waals surface area contributed by atoms with Crippen LogP contribution in [0.15, 0.2) is 11.6 Å². The maximum Gasteiger partial charge on any atom is 0.414 e. The Morgan fingerprint density at radius 2 is 1.83 bits per heavy atom. The Morgan fingerprint density at radius 3 is 2.43 bits per heavy atom. The van der Waals surface area contributed by atoms with E-state index in [1.807, 2.05) is 4.90 Å². The monoisotopic (exact) mass is 595 g/mol. The minimum Gasteiger partial charge on any atom is -0.444 e. The van der Waals surface area contributed by atoms with Gasteiger partial charge in [-0.3, -0.25) is 15.0 Å². The minimum absolute atomic E-state index is 0.00468. The fourth-order valence-corrected chi connectivity index (χ4v) is 6.08. The second kappa shape index (κ2) is 14.5. The summed E-state index contributed by atoms with van der Waals surface area (Å²) in [5, 5.41) is 5.12. The summed E-state index contributed by atoms with van der Waals surface area (Å²) in [5.74, 6) is -0.560. The van der Waals surface area contributed by atoms with Crippen LogP contribution in [0.25, 0.3) is 0 Å². The molecule has 2 aliphatic heterocycles. The lowest BCUT2D eigenvalue weighted by Gasteiger charge is -2.42. The molecule has 3 rings (SSSR count). The van der Waals surface area contributed by atoms with Crippen LogP contribution >= 0.6 is 0 Å². The van der Waals surface area contributed by atoms with E-state index in [9.17, 15) is 14.4 Å². The number of amides is 3. The predicted molar refractivity (Wildman–Crippen MR) is 158 cm³/mol. The SMILES string of the molecule is CCCCCN(CCNC(=O)OC(C)(C)C)CC(=O)NC(=O)OC1CC[C@]2(CO2)C([C@@]2(C)O[C@@H]2CC=C(C)C)C1OC. The molecule has 1 saturated carbocycles. The highest BCUT2D eigenvalue weighted by Gasteiger charge is 2.72. The zero-order valence-electron chi connectivity index (χ0n) is 26.9. The molecule has 3 aliphatic rings. The number of rotatable bonds is 14. The first kappa shape index (κ1) is 34.3. The zero-order chi connectivity index (χ0) is 31.1. The number of nitrogens with one attached hydrogen (secondary N) is 2. The van der Waals surface area contributed by atoms with Gasteiger partial charge in [0.1, 0.15) is 29.0 Å². The Labute approximate surface area is 251 Å². The lowest BCUT2D eigenvalue weighted by atomic mass is 9.68. The smallest absolute Gasteiger partial charge is 0.414 e. The normalized spacial score (nSPS) is 30.0. The number of allylic oxidation sites excluding steroid dienone is 1. The summed E-state index contributed by atoms with van der Waals surface area (Å²) < 4.78 is 29.2. The fraction of sp³-hybridized carbons (Fsp3) is 0.839. The van der Waals surface area contributed by atoms with Crippen LogP contribution in [0.2, 0.25) is 0 Å². The summed E-state index contributed by atoms with van der Waals surface area (Å²) in [5.41, 5.74) is -0.117. The van der Waals surface area contributed by atoms with Gasteiger partial charge < -0.3 is 29.0 Å². The predicted octanol–water partition coefficient (Wildman–Crippen LogP) is 4.33. The quantitative estimate of drug-likeness (QED) is 0.171. The first-order valence-corrected chi connectivity index (χ1v) is 15.4. The lowest BCUT2D eigenvalue weighted by Crippen LogP contribution is -2.56. The first-order valence-electron chi connectivity index (χ1n) is 15.4. The highest BCUT2D eigenvalue weighted by atomic mass is 16.6. The van der Waals surface area contributed by atoms with Gasteiger partial charge in [0.05, 0.1) is 25.2 Å². The highest BCUT2D eigenvalue weighted by Crippen LogP contribution is 2.59. The molecule has 0 aromatic rings. The third-order valence-electron chi connectivity index (χ3n) is 8.28. The van der Waals surface area contributed by atoms with Crippen LogP contribution in [0.5, 0.6) is 0 Å². The number of ether oxygens (including phenoxy) is 5. The molecule has 0 aromatic heterocycles. The number of carbonyl (C=O) groups is 3. The van der Waals surface area contributed by atoms with E-state index >= 15 is 0 Å². The van der Waals surface area contributed by atoms with Crippen molar-refractivity contribution in [1.82, 2.24) is 15.5 Å². The molecule has 1 spiro atoms. The number of alkyl carbamates (subject to hydrolysis) is 2. The Balaban J connectivity index is 1.54. The summed E-state index contributed by atoms with van der Waals surface area (Å²) >= 11 is 0. The van der Waals surface area contributed by atoms with Gasteiger partial charge in [0, 0.05) is 20.2 Å². The molecule has 11 nitrogen and oxygen atoms in total. The van der Waals surface area contributed by atoms with Crippen molar-refractivity contribution in [2.45, 2.75) is 122 Å². The molecule has 3 unspecified atom stereocenters. The Bertz CT molecular complexity index is 972. The molecule has 3 fully saturated rings. The van der Waals surface area contributed by atoms with Crippen molar-refractivity contribution in [3.8, 4) is 0 Å². The summed E-state index contributed by atoms with van der Waals surface area (Å²) in [4.78, 5) is 39.6. The van der Waals surface area contributed by atoms with E-state index < -0.39 is 41.5 Å². The van der Waals surface area contributed by atoms with Gasteiger partial charge in [0.25, 0.3) is 0 Å². The summed E-state index contributed by atoms with van der Waals surface area (Å²) in [7, 11) is 1.62. The average Bonchev–Trinajstić information content (AvgIpc) is 3.79. The molecular formula is C31H53N3O8. The van der Waals surface area contributed by atoms with Crippen LogP contribution in [0.4, 0.5) is 9.59 Å². The molecule has 6 atom stereocenters. The van der Waals surface area contributed by atoms with Crippen LogP contribution in [-0.4, -0.2) is 98.0 Å². The topological polar surface area (TPSA) is 131 Å². The van der Waals surface area contributed by atoms with Crippen molar-refractivity contribution >= 4 is 18.1 Å². The number of nitrogens with zero attached hydrogens (tertiary/aromatic N) is 1. The third-order valence-corrected chi connectivity index (χ3v) is 8.28. The maximum absolute atomic E-state index is 12.9. The van der Waals surface area contributed by atoms with E-state index in [4.69, 9.17) is 23.7 Å². The van der Waals surface area contributed by atoms with Crippen molar-refractivity contribution in [3.63, 3.8) is 0 Å². The van der Waals surface area contributed by atoms with Crippen molar-refractivity contribution < 1.29 is 38.1 Å². The van der Waals surface area contributed by atoms with Gasteiger partial charge in [-0.15, -0.1) is 0 Å². The molecule has 0 radical (unpaired) electrons. The Kier molecular flexibility index (Phi) is 11.8. The number of unbranched alkanes of at least 4 members (excludes halogenated alkanes) is 2. The minimum atomic E-state index is -0.790. The largest absolute Gasteiger partial charge is 0.444 e. The van der Waals surface area contributed by atoms with Crippen LogP contribution in [0.3, 0.4) is 0 Å². The number of imide groups is 1. The maximum atomic E-state index is 12.9. The van der Waals surface area contributed by atoms with Crippen molar-refractivity contribution in [3.05, 3.63) is 11.6 Å². The molecule has 0 aromatic carbocycles. The second-order valence-corrected chi connectivity index (χ2v) is 13.3. The zero-order valence-corrected chi connectivity index (χ0v) is 26.9. The fourth-order valence-electron chi connectivity index (χ4n) is 6.08. The number of epoxide rings is 2. The van der Waals surface area contributed by atoms with Crippen LogP contribution in [-0.2, 0) is 28.5 Å². The molecule has 2 N–H and O–H groups in total. The molecule has 42 heavy (non-hydrogen) atoms. The number of methoxy groups -OCH3 is 1. The molecule has 11 heteroatoms. The van der Waals surface area contributed by atoms with E-state index in [2.05, 4.69) is 44.4 Å². The molecular weight excluding hydrogens is 542 g/mol. The van der Waals surface area contributed by atoms with Gasteiger partial charge in [0.15, 0.2) is 0 Å². The summed E-state index contributed by atoms with van der Waals surface area (Å²) in [6.45, 7) is 15.8. The average molecular weight is 596 g/mol. The number of hydrogen-bond acceptors (Lipinski definition) is 9. The van der Waals surface area contributed by atoms with Crippen LogP contribution < -0.4 is 10.6 Å². The van der Waals surface area contributed by atoms with Gasteiger partial charge in [0.2, 0.25) is 5.91 Å². The van der Waals surface area contributed by atoms with Crippen LogP contribution in [0.1, 0.15) is 87.0 Å². The Hall–Kier alpha value is -2.21. The first-order chi connectivity index (χ1) is 19.7. The van der Waals surface area contributed by atoms with Gasteiger partial charge in [-0.2, -0.15) is 0 Å². The van der Waals surface area contributed by atoms with Gasteiger partial charge in [-0.05, 0) is 73.8 Å². The van der Waals surface area contributed by atoms with Crippen LogP contribution in [0, 0.1) is 5.92 Å². The lowest BCUT2D eigenvalue weighted by molar-refractivity contribution is -0.126. The molecule has 0 bridgehead atoms. The Morgan fingerprint density at radius 1 is 1.12 bits per heavy atom. The van der Waals surface area contributed by atoms with Gasteiger partial charge in [-0.1, -0.05) is 31.4 Å². The van der Waals surface area contributed by atoms with Gasteiger partial charge >= 0.3 is 12.2 Å².